The van der Waals surface area contributed by atoms with Crippen LogP contribution in [0.5, 0.6) is 5.75 Å². The molecule has 5 heteroatoms. The van der Waals surface area contributed by atoms with Crippen molar-refractivity contribution in [3.8, 4) is 5.75 Å². The lowest BCUT2D eigenvalue weighted by molar-refractivity contribution is 0.415. The monoisotopic (exact) mass is 232 g/mol. The molecule has 0 radical (unpaired) electrons. The van der Waals surface area contributed by atoms with Gasteiger partial charge in [0.15, 0.2) is 0 Å². The quantitative estimate of drug-likeness (QED) is 0.831. The molecular weight excluding hydrogens is 216 g/mol. The summed E-state index contributed by atoms with van der Waals surface area (Å²) < 4.78 is 5.15. The summed E-state index contributed by atoms with van der Waals surface area (Å²) in [6, 6.07) is 7.65. The highest BCUT2D eigenvalue weighted by Crippen LogP contribution is 2.19. The van der Waals surface area contributed by atoms with E-state index in [2.05, 4.69) is 27.4 Å². The molecule has 17 heavy (non-hydrogen) atoms. The predicted molar refractivity (Wildman–Crippen MR) is 66.7 cm³/mol. The SMILES string of the molecule is CCCc1nc(Nc2cccc(OC)c2)n[nH]1. The zero-order chi connectivity index (χ0) is 12.1. The Labute approximate surface area is 100 Å². The first-order valence-corrected chi connectivity index (χ1v) is 5.64. The van der Waals surface area contributed by atoms with Crippen LogP contribution in [0.3, 0.4) is 0 Å². The highest BCUT2D eigenvalue weighted by atomic mass is 16.5. The number of hydrogen-bond donors (Lipinski definition) is 2. The van der Waals surface area contributed by atoms with E-state index >= 15 is 0 Å². The van der Waals surface area contributed by atoms with Gasteiger partial charge in [-0.15, -0.1) is 5.10 Å². The predicted octanol–water partition coefficient (Wildman–Crippen LogP) is 2.51. The Morgan fingerprint density at radius 1 is 1.41 bits per heavy atom. The maximum Gasteiger partial charge on any atom is 0.246 e. The standard InChI is InChI=1S/C12H16N4O/c1-3-5-11-14-12(16-15-11)13-9-6-4-7-10(8-9)17-2/h4,6-8H,3,5H2,1-2H3,(H2,13,14,15,16). The van der Waals surface area contributed by atoms with Gasteiger partial charge in [0.1, 0.15) is 11.6 Å². The van der Waals surface area contributed by atoms with Gasteiger partial charge in [0.2, 0.25) is 5.95 Å². The van der Waals surface area contributed by atoms with Crippen molar-refractivity contribution < 1.29 is 4.74 Å². The van der Waals surface area contributed by atoms with Crippen LogP contribution in [0, 0.1) is 0 Å². The van der Waals surface area contributed by atoms with Gasteiger partial charge >= 0.3 is 0 Å². The van der Waals surface area contributed by atoms with Crippen molar-refractivity contribution in [2.24, 2.45) is 0 Å². The number of nitrogens with one attached hydrogen (secondary N) is 2. The fraction of sp³-hybridized carbons (Fsp3) is 0.333. The lowest BCUT2D eigenvalue weighted by Gasteiger charge is -2.03. The minimum atomic E-state index is 0.585. The van der Waals surface area contributed by atoms with Crippen LogP contribution in [0.15, 0.2) is 24.3 Å². The smallest absolute Gasteiger partial charge is 0.246 e. The molecule has 2 N–H and O–H groups in total. The van der Waals surface area contributed by atoms with Crippen molar-refractivity contribution in [3.05, 3.63) is 30.1 Å². The van der Waals surface area contributed by atoms with E-state index in [1.165, 1.54) is 0 Å². The first kappa shape index (κ1) is 11.4. The molecule has 2 rings (SSSR count). The number of rotatable bonds is 5. The minimum absolute atomic E-state index is 0.585. The average Bonchev–Trinajstić information content (AvgIpc) is 2.77. The summed E-state index contributed by atoms with van der Waals surface area (Å²) in [4.78, 5) is 4.33. The number of hydrogen-bond acceptors (Lipinski definition) is 4. The molecule has 90 valence electrons. The second-order valence-electron chi connectivity index (χ2n) is 3.71. The van der Waals surface area contributed by atoms with Crippen LogP contribution in [0.25, 0.3) is 0 Å². The second kappa shape index (κ2) is 5.34. The van der Waals surface area contributed by atoms with Gasteiger partial charge in [-0.05, 0) is 18.6 Å². The van der Waals surface area contributed by atoms with Gasteiger partial charge in [0, 0.05) is 18.2 Å². The Morgan fingerprint density at radius 2 is 2.29 bits per heavy atom. The van der Waals surface area contributed by atoms with Gasteiger partial charge in [-0.1, -0.05) is 13.0 Å². The fourth-order valence-corrected chi connectivity index (χ4v) is 1.53. The van der Waals surface area contributed by atoms with Gasteiger partial charge in [-0.25, -0.2) is 0 Å². The van der Waals surface area contributed by atoms with Crippen molar-refractivity contribution in [1.82, 2.24) is 15.2 Å². The van der Waals surface area contributed by atoms with Crippen molar-refractivity contribution in [1.29, 1.82) is 0 Å². The molecule has 0 saturated heterocycles. The van der Waals surface area contributed by atoms with Gasteiger partial charge in [-0.3, -0.25) is 5.10 Å². The summed E-state index contributed by atoms with van der Waals surface area (Å²) in [5, 5.41) is 10.1. The van der Waals surface area contributed by atoms with Crippen LogP contribution in [0.4, 0.5) is 11.6 Å². The Bertz CT molecular complexity index is 481. The Balaban J connectivity index is 2.08. The van der Waals surface area contributed by atoms with Crippen molar-refractivity contribution >= 4 is 11.6 Å². The van der Waals surface area contributed by atoms with Gasteiger partial charge in [0.05, 0.1) is 7.11 Å². The maximum absolute atomic E-state index is 5.15. The van der Waals surface area contributed by atoms with E-state index in [-0.39, 0.29) is 0 Å². The summed E-state index contributed by atoms with van der Waals surface area (Å²) in [5.41, 5.74) is 0.909. The lowest BCUT2D eigenvalue weighted by Crippen LogP contribution is -1.93. The summed E-state index contributed by atoms with van der Waals surface area (Å²) in [7, 11) is 1.64. The number of H-pyrrole nitrogens is 1. The van der Waals surface area contributed by atoms with Gasteiger partial charge in [-0.2, -0.15) is 4.98 Å². The number of ether oxygens (including phenoxy) is 1. The van der Waals surface area contributed by atoms with Crippen LogP contribution < -0.4 is 10.1 Å². The second-order valence-corrected chi connectivity index (χ2v) is 3.71. The molecule has 2 aromatic rings. The Hall–Kier alpha value is -2.04. The van der Waals surface area contributed by atoms with E-state index in [9.17, 15) is 0 Å². The molecule has 0 aliphatic heterocycles. The molecule has 0 bridgehead atoms. The molecular formula is C12H16N4O. The highest BCUT2D eigenvalue weighted by molar-refractivity contribution is 5.55. The number of aromatic amines is 1. The first-order valence-electron chi connectivity index (χ1n) is 5.64. The van der Waals surface area contributed by atoms with Crippen molar-refractivity contribution in [3.63, 3.8) is 0 Å². The molecule has 0 aliphatic rings. The number of anilines is 2. The van der Waals surface area contributed by atoms with E-state index in [1.807, 2.05) is 24.3 Å². The van der Waals surface area contributed by atoms with E-state index in [0.29, 0.717) is 5.95 Å². The fourth-order valence-electron chi connectivity index (χ4n) is 1.53. The van der Waals surface area contributed by atoms with Gasteiger partial charge < -0.3 is 10.1 Å². The molecule has 0 spiro atoms. The summed E-state index contributed by atoms with van der Waals surface area (Å²) in [5.74, 6) is 2.29. The average molecular weight is 232 g/mol. The third kappa shape index (κ3) is 2.96. The van der Waals surface area contributed by atoms with Crippen LogP contribution >= 0.6 is 0 Å². The highest BCUT2D eigenvalue weighted by Gasteiger charge is 2.03. The van der Waals surface area contributed by atoms with E-state index in [1.54, 1.807) is 7.11 Å². The van der Waals surface area contributed by atoms with E-state index in [4.69, 9.17) is 4.74 Å². The Morgan fingerprint density at radius 3 is 3.06 bits per heavy atom. The van der Waals surface area contributed by atoms with Crippen molar-refractivity contribution in [2.45, 2.75) is 19.8 Å². The van der Waals surface area contributed by atoms with Crippen molar-refractivity contribution in [2.75, 3.05) is 12.4 Å². The maximum atomic E-state index is 5.15. The van der Waals surface area contributed by atoms with Crippen LogP contribution in [-0.4, -0.2) is 22.3 Å². The largest absolute Gasteiger partial charge is 0.497 e. The number of aryl methyl sites for hydroxylation is 1. The van der Waals surface area contributed by atoms with E-state index < -0.39 is 0 Å². The van der Waals surface area contributed by atoms with E-state index in [0.717, 1.165) is 30.1 Å². The van der Waals surface area contributed by atoms with Crippen LogP contribution in [0.2, 0.25) is 0 Å². The molecule has 0 saturated carbocycles. The molecule has 0 unspecified atom stereocenters. The first-order chi connectivity index (χ1) is 8.31. The normalized spacial score (nSPS) is 10.2. The minimum Gasteiger partial charge on any atom is -0.497 e. The number of benzene rings is 1. The van der Waals surface area contributed by atoms with Crippen LogP contribution in [0.1, 0.15) is 19.2 Å². The third-order valence-electron chi connectivity index (χ3n) is 2.34. The Kier molecular flexibility index (Phi) is 3.59. The number of nitrogens with zero attached hydrogens (tertiary/aromatic N) is 2. The summed E-state index contributed by atoms with van der Waals surface area (Å²) in [6.45, 7) is 2.11. The summed E-state index contributed by atoms with van der Waals surface area (Å²) in [6.07, 6.45) is 1.96. The molecule has 0 fully saturated rings. The molecule has 0 amide bonds. The molecule has 0 aliphatic carbocycles. The topological polar surface area (TPSA) is 62.8 Å². The zero-order valence-corrected chi connectivity index (χ0v) is 10.0. The van der Waals surface area contributed by atoms with Crippen LogP contribution in [-0.2, 0) is 6.42 Å². The number of methoxy groups -OCH3 is 1. The molecule has 5 nitrogen and oxygen atoms in total. The lowest BCUT2D eigenvalue weighted by atomic mass is 10.3. The number of aromatic nitrogens is 3. The molecule has 1 aromatic carbocycles. The molecule has 1 aromatic heterocycles. The zero-order valence-electron chi connectivity index (χ0n) is 10.0. The van der Waals surface area contributed by atoms with Gasteiger partial charge in [0.25, 0.3) is 0 Å². The summed E-state index contributed by atoms with van der Waals surface area (Å²) >= 11 is 0. The third-order valence-corrected chi connectivity index (χ3v) is 2.34. The molecule has 0 atom stereocenters. The molecule has 1 heterocycles.